The fourth-order valence-corrected chi connectivity index (χ4v) is 1.39. The summed E-state index contributed by atoms with van der Waals surface area (Å²) in [6.07, 6.45) is 1.45. The van der Waals surface area contributed by atoms with Crippen LogP contribution in [0, 0.1) is 17.8 Å². The largest absolute Gasteiger partial charge is 0.396 e. The first-order valence-corrected chi connectivity index (χ1v) is 5.69. The number of hydrogen-bond acceptors (Lipinski definition) is 2. The predicted octanol–water partition coefficient (Wildman–Crippen LogP) is 2.70. The van der Waals surface area contributed by atoms with Gasteiger partial charge in [-0.2, -0.15) is 0 Å². The van der Waals surface area contributed by atoms with Gasteiger partial charge < -0.3 is 9.84 Å². The van der Waals surface area contributed by atoms with Crippen molar-refractivity contribution in [3.63, 3.8) is 0 Å². The lowest BCUT2D eigenvalue weighted by atomic mass is 9.98. The van der Waals surface area contributed by atoms with Gasteiger partial charge in [-0.25, -0.2) is 0 Å². The summed E-state index contributed by atoms with van der Waals surface area (Å²) < 4.78 is 5.73. The molecule has 0 aliphatic heterocycles. The smallest absolute Gasteiger partial charge is 0.0549 e. The Kier molecular flexibility index (Phi) is 7.20. The molecule has 0 bridgehead atoms. The van der Waals surface area contributed by atoms with Crippen molar-refractivity contribution in [2.45, 2.75) is 47.1 Å². The molecule has 0 fully saturated rings. The van der Waals surface area contributed by atoms with Crippen molar-refractivity contribution >= 4 is 0 Å². The van der Waals surface area contributed by atoms with Crippen LogP contribution in [0.4, 0.5) is 0 Å². The van der Waals surface area contributed by atoms with Crippen LogP contribution in [0.5, 0.6) is 0 Å². The molecule has 0 aliphatic carbocycles. The predicted molar refractivity (Wildman–Crippen MR) is 60.3 cm³/mol. The van der Waals surface area contributed by atoms with Crippen LogP contribution in [0.1, 0.15) is 41.0 Å². The van der Waals surface area contributed by atoms with Crippen LogP contribution in [0.15, 0.2) is 0 Å². The highest BCUT2D eigenvalue weighted by Crippen LogP contribution is 2.13. The van der Waals surface area contributed by atoms with Crippen molar-refractivity contribution in [2.75, 3.05) is 13.2 Å². The van der Waals surface area contributed by atoms with Crippen LogP contribution < -0.4 is 0 Å². The first-order chi connectivity index (χ1) is 6.47. The van der Waals surface area contributed by atoms with Gasteiger partial charge >= 0.3 is 0 Å². The zero-order chi connectivity index (χ0) is 11.1. The zero-order valence-electron chi connectivity index (χ0n) is 10.3. The summed E-state index contributed by atoms with van der Waals surface area (Å²) in [6, 6.07) is 0. The van der Waals surface area contributed by atoms with E-state index in [2.05, 4.69) is 34.6 Å². The van der Waals surface area contributed by atoms with Crippen LogP contribution in [-0.4, -0.2) is 24.4 Å². The lowest BCUT2D eigenvalue weighted by Gasteiger charge is -2.21. The van der Waals surface area contributed by atoms with Gasteiger partial charge in [-0.05, 0) is 31.1 Å². The van der Waals surface area contributed by atoms with Crippen molar-refractivity contribution in [1.29, 1.82) is 0 Å². The molecule has 0 radical (unpaired) electrons. The maximum atomic E-state index is 8.96. The van der Waals surface area contributed by atoms with Crippen molar-refractivity contribution < 1.29 is 9.84 Å². The minimum absolute atomic E-state index is 0.253. The number of hydrogen-bond donors (Lipinski definition) is 1. The summed E-state index contributed by atoms with van der Waals surface area (Å²) in [5.74, 6) is 1.46. The van der Waals surface area contributed by atoms with E-state index in [4.69, 9.17) is 9.84 Å². The van der Waals surface area contributed by atoms with Crippen LogP contribution in [0.25, 0.3) is 0 Å². The van der Waals surface area contributed by atoms with Crippen molar-refractivity contribution in [3.05, 3.63) is 0 Å². The molecule has 2 nitrogen and oxygen atoms in total. The quantitative estimate of drug-likeness (QED) is 0.688. The highest BCUT2D eigenvalue weighted by molar-refractivity contribution is 4.61. The van der Waals surface area contributed by atoms with E-state index in [1.54, 1.807) is 0 Å². The fraction of sp³-hybridized carbons (Fsp3) is 1.00. The first kappa shape index (κ1) is 13.9. The number of aliphatic hydroxyl groups is 1. The molecular weight excluding hydrogens is 176 g/mol. The van der Waals surface area contributed by atoms with Gasteiger partial charge in [0.15, 0.2) is 0 Å². The SMILES string of the molecule is CC(C)CC(C)OCC(C)C(C)CO. The Morgan fingerprint density at radius 1 is 1.00 bits per heavy atom. The van der Waals surface area contributed by atoms with Gasteiger partial charge in [0.1, 0.15) is 0 Å². The van der Waals surface area contributed by atoms with Gasteiger partial charge in [0.25, 0.3) is 0 Å². The molecule has 86 valence electrons. The third kappa shape index (κ3) is 6.39. The van der Waals surface area contributed by atoms with Crippen LogP contribution >= 0.6 is 0 Å². The molecule has 1 N–H and O–H groups in total. The van der Waals surface area contributed by atoms with E-state index in [1.165, 1.54) is 0 Å². The van der Waals surface area contributed by atoms with Gasteiger partial charge in [-0.3, -0.25) is 0 Å². The van der Waals surface area contributed by atoms with Crippen molar-refractivity contribution in [2.24, 2.45) is 17.8 Å². The Morgan fingerprint density at radius 2 is 1.57 bits per heavy atom. The second-order valence-electron chi connectivity index (χ2n) is 4.91. The minimum Gasteiger partial charge on any atom is -0.396 e. The lowest BCUT2D eigenvalue weighted by molar-refractivity contribution is 0.0141. The molecule has 0 aliphatic rings. The Bertz CT molecular complexity index is 134. The van der Waals surface area contributed by atoms with Crippen molar-refractivity contribution in [1.82, 2.24) is 0 Å². The fourth-order valence-electron chi connectivity index (χ4n) is 1.39. The maximum absolute atomic E-state index is 8.96. The molecule has 3 unspecified atom stereocenters. The normalized spacial score (nSPS) is 18.2. The van der Waals surface area contributed by atoms with E-state index in [0.717, 1.165) is 13.0 Å². The standard InChI is InChI=1S/C12H26O2/c1-9(2)6-12(5)14-8-11(4)10(3)7-13/h9-13H,6-8H2,1-5H3. The number of aliphatic hydroxyl groups excluding tert-OH is 1. The molecule has 0 amide bonds. The van der Waals surface area contributed by atoms with Crippen LogP contribution in [0.3, 0.4) is 0 Å². The molecule has 0 saturated heterocycles. The molecule has 0 aromatic rings. The Balaban J connectivity index is 3.60. The third-order valence-electron chi connectivity index (χ3n) is 2.71. The third-order valence-corrected chi connectivity index (χ3v) is 2.71. The molecule has 2 heteroatoms. The number of ether oxygens (including phenoxy) is 1. The minimum atomic E-state index is 0.253. The second kappa shape index (κ2) is 7.24. The van der Waals surface area contributed by atoms with Gasteiger partial charge in [-0.15, -0.1) is 0 Å². The first-order valence-electron chi connectivity index (χ1n) is 5.69. The summed E-state index contributed by atoms with van der Waals surface area (Å²) in [5, 5.41) is 8.96. The summed E-state index contributed by atoms with van der Waals surface area (Å²) in [4.78, 5) is 0. The van der Waals surface area contributed by atoms with Gasteiger partial charge in [0.2, 0.25) is 0 Å². The molecule has 0 aromatic heterocycles. The summed E-state index contributed by atoms with van der Waals surface area (Å²) >= 11 is 0. The highest BCUT2D eigenvalue weighted by Gasteiger charge is 2.13. The summed E-state index contributed by atoms with van der Waals surface area (Å²) in [7, 11) is 0. The maximum Gasteiger partial charge on any atom is 0.0549 e. The highest BCUT2D eigenvalue weighted by atomic mass is 16.5. The molecule has 3 atom stereocenters. The van der Waals surface area contributed by atoms with Crippen LogP contribution in [-0.2, 0) is 4.74 Å². The van der Waals surface area contributed by atoms with E-state index in [9.17, 15) is 0 Å². The summed E-state index contributed by atoms with van der Waals surface area (Å²) in [6.45, 7) is 11.7. The van der Waals surface area contributed by atoms with Crippen LogP contribution in [0.2, 0.25) is 0 Å². The number of rotatable bonds is 7. The lowest BCUT2D eigenvalue weighted by Crippen LogP contribution is -2.21. The Morgan fingerprint density at radius 3 is 2.00 bits per heavy atom. The molecule has 14 heavy (non-hydrogen) atoms. The van der Waals surface area contributed by atoms with Crippen molar-refractivity contribution in [3.8, 4) is 0 Å². The van der Waals surface area contributed by atoms with E-state index in [-0.39, 0.29) is 6.61 Å². The molecule has 0 aromatic carbocycles. The zero-order valence-corrected chi connectivity index (χ0v) is 10.3. The molecule has 0 rings (SSSR count). The van der Waals surface area contributed by atoms with Gasteiger partial charge in [0.05, 0.1) is 6.10 Å². The molecule has 0 spiro atoms. The molecule has 0 saturated carbocycles. The second-order valence-corrected chi connectivity index (χ2v) is 4.91. The van der Waals surface area contributed by atoms with Gasteiger partial charge in [-0.1, -0.05) is 27.7 Å². The summed E-state index contributed by atoms with van der Waals surface area (Å²) in [5.41, 5.74) is 0. The monoisotopic (exact) mass is 202 g/mol. The van der Waals surface area contributed by atoms with E-state index in [1.807, 2.05) is 0 Å². The molecule has 0 heterocycles. The Hall–Kier alpha value is -0.0800. The van der Waals surface area contributed by atoms with Gasteiger partial charge in [0, 0.05) is 13.2 Å². The van der Waals surface area contributed by atoms with E-state index >= 15 is 0 Å². The average Bonchev–Trinajstić information content (AvgIpc) is 2.11. The van der Waals surface area contributed by atoms with E-state index < -0.39 is 0 Å². The van der Waals surface area contributed by atoms with E-state index in [0.29, 0.717) is 23.9 Å². The Labute approximate surface area is 88.7 Å². The molecular formula is C12H26O2. The topological polar surface area (TPSA) is 29.5 Å². The average molecular weight is 202 g/mol.